The van der Waals surface area contributed by atoms with Crippen LogP contribution in [0.3, 0.4) is 0 Å². The zero-order chi connectivity index (χ0) is 13.0. The quantitative estimate of drug-likeness (QED) is 0.637. The van der Waals surface area contributed by atoms with Gasteiger partial charge in [0.1, 0.15) is 11.5 Å². The van der Waals surface area contributed by atoms with Crippen LogP contribution in [0.1, 0.15) is 41.1 Å². The molecule has 1 aromatic rings. The molecule has 1 aromatic heterocycles. The van der Waals surface area contributed by atoms with Crippen LogP contribution in [0.15, 0.2) is 34.4 Å². The van der Waals surface area contributed by atoms with E-state index in [-0.39, 0.29) is 5.91 Å². The molecule has 96 valence electrons. The summed E-state index contributed by atoms with van der Waals surface area (Å²) in [6, 6.07) is 1.74. The van der Waals surface area contributed by atoms with Gasteiger partial charge < -0.3 is 9.84 Å². The second-order valence-corrected chi connectivity index (χ2v) is 4.44. The van der Waals surface area contributed by atoms with E-state index in [0.29, 0.717) is 11.3 Å². The average molecular weight is 246 g/mol. The highest BCUT2D eigenvalue weighted by Gasteiger charge is 2.12. The summed E-state index contributed by atoms with van der Waals surface area (Å²) < 4.78 is 5.32. The summed E-state index contributed by atoms with van der Waals surface area (Å²) in [5.74, 6) is 1.21. The molecule has 0 bridgehead atoms. The van der Waals surface area contributed by atoms with Crippen molar-refractivity contribution in [1.29, 1.82) is 0 Å². The van der Waals surface area contributed by atoms with E-state index in [1.54, 1.807) is 13.0 Å². The summed E-state index contributed by atoms with van der Waals surface area (Å²) in [7, 11) is 0. The monoisotopic (exact) mass is 246 g/mol. The summed E-state index contributed by atoms with van der Waals surface area (Å²) in [6.45, 7) is 3.61. The standard InChI is InChI=1S/C14H18N2O2/c1-10-8-13(11(2)18-10)14(17)16-15-9-12-6-4-3-5-7-12/h3-4,8-9,15H,5-7H2,1-2H3,(H,16,17)/b12-9+. The van der Waals surface area contributed by atoms with Gasteiger partial charge in [-0.3, -0.25) is 10.2 Å². The molecule has 0 saturated heterocycles. The van der Waals surface area contributed by atoms with E-state index in [4.69, 9.17) is 4.42 Å². The SMILES string of the molecule is Cc1cc(C(=O)NN/C=C2\CC=CCC2)c(C)o1. The molecule has 1 aliphatic rings. The molecule has 4 nitrogen and oxygen atoms in total. The fourth-order valence-corrected chi connectivity index (χ4v) is 1.98. The summed E-state index contributed by atoms with van der Waals surface area (Å²) in [5, 5.41) is 0. The van der Waals surface area contributed by atoms with Gasteiger partial charge in [0.05, 0.1) is 5.56 Å². The minimum atomic E-state index is -0.174. The van der Waals surface area contributed by atoms with Crippen LogP contribution in [-0.2, 0) is 0 Å². The van der Waals surface area contributed by atoms with Gasteiger partial charge in [-0.2, -0.15) is 0 Å². The Kier molecular flexibility index (Phi) is 3.87. The molecule has 0 spiro atoms. The second-order valence-electron chi connectivity index (χ2n) is 4.44. The van der Waals surface area contributed by atoms with E-state index < -0.39 is 0 Å². The van der Waals surface area contributed by atoms with Crippen molar-refractivity contribution in [2.45, 2.75) is 33.1 Å². The van der Waals surface area contributed by atoms with E-state index in [1.165, 1.54) is 5.57 Å². The number of carbonyl (C=O) groups excluding carboxylic acids is 1. The first-order chi connectivity index (χ1) is 8.66. The predicted octanol–water partition coefficient (Wildman–Crippen LogP) is 2.75. The Bertz CT molecular complexity index is 498. The van der Waals surface area contributed by atoms with Crippen LogP contribution in [0.5, 0.6) is 0 Å². The largest absolute Gasteiger partial charge is 0.466 e. The fraction of sp³-hybridized carbons (Fsp3) is 0.357. The number of amides is 1. The average Bonchev–Trinajstić information content (AvgIpc) is 2.70. The number of nitrogens with one attached hydrogen (secondary N) is 2. The molecule has 0 radical (unpaired) electrons. The number of hydrogen-bond acceptors (Lipinski definition) is 3. The molecule has 4 heteroatoms. The zero-order valence-electron chi connectivity index (χ0n) is 10.7. The van der Waals surface area contributed by atoms with E-state index >= 15 is 0 Å². The number of hydrogen-bond donors (Lipinski definition) is 2. The fourth-order valence-electron chi connectivity index (χ4n) is 1.98. The first kappa shape index (κ1) is 12.5. The van der Waals surface area contributed by atoms with Crippen molar-refractivity contribution in [2.24, 2.45) is 0 Å². The topological polar surface area (TPSA) is 54.3 Å². The van der Waals surface area contributed by atoms with Crippen molar-refractivity contribution in [3.63, 3.8) is 0 Å². The van der Waals surface area contributed by atoms with E-state index in [1.807, 2.05) is 13.1 Å². The lowest BCUT2D eigenvalue weighted by atomic mass is 10.0. The Hall–Kier alpha value is -1.97. The molecule has 0 aliphatic heterocycles. The van der Waals surface area contributed by atoms with Crippen molar-refractivity contribution < 1.29 is 9.21 Å². The van der Waals surface area contributed by atoms with E-state index in [0.717, 1.165) is 25.0 Å². The van der Waals surface area contributed by atoms with Crippen molar-refractivity contribution >= 4 is 5.91 Å². The van der Waals surface area contributed by atoms with Gasteiger partial charge in [0.25, 0.3) is 5.91 Å². The Labute approximate surface area is 107 Å². The summed E-state index contributed by atoms with van der Waals surface area (Å²) >= 11 is 0. The third-order valence-corrected chi connectivity index (χ3v) is 2.93. The lowest BCUT2D eigenvalue weighted by Gasteiger charge is -2.09. The number of rotatable bonds is 3. The summed E-state index contributed by atoms with van der Waals surface area (Å²) in [4.78, 5) is 11.8. The Morgan fingerprint density at radius 3 is 2.83 bits per heavy atom. The molecule has 2 rings (SSSR count). The van der Waals surface area contributed by atoms with Crippen molar-refractivity contribution in [1.82, 2.24) is 10.9 Å². The van der Waals surface area contributed by atoms with Gasteiger partial charge in [0, 0.05) is 6.20 Å². The molecule has 1 heterocycles. The molecule has 0 fully saturated rings. The van der Waals surface area contributed by atoms with Crippen molar-refractivity contribution in [3.05, 3.63) is 47.1 Å². The molecule has 18 heavy (non-hydrogen) atoms. The third kappa shape index (κ3) is 3.03. The molecular weight excluding hydrogens is 228 g/mol. The molecule has 1 amide bonds. The number of furan rings is 1. The van der Waals surface area contributed by atoms with Gasteiger partial charge in [-0.25, -0.2) is 0 Å². The molecule has 0 saturated carbocycles. The maximum Gasteiger partial charge on any atom is 0.273 e. The second kappa shape index (κ2) is 5.58. The van der Waals surface area contributed by atoms with Crippen LogP contribution >= 0.6 is 0 Å². The van der Waals surface area contributed by atoms with Crippen molar-refractivity contribution in [2.75, 3.05) is 0 Å². The summed E-state index contributed by atoms with van der Waals surface area (Å²) in [5.41, 5.74) is 7.36. The number of hydrazine groups is 1. The zero-order valence-corrected chi connectivity index (χ0v) is 10.7. The predicted molar refractivity (Wildman–Crippen MR) is 69.9 cm³/mol. The molecule has 0 atom stereocenters. The van der Waals surface area contributed by atoms with Gasteiger partial charge in [0.2, 0.25) is 0 Å². The van der Waals surface area contributed by atoms with Crippen LogP contribution in [0, 0.1) is 13.8 Å². The molecule has 0 aromatic carbocycles. The maximum atomic E-state index is 11.8. The maximum absolute atomic E-state index is 11.8. The third-order valence-electron chi connectivity index (χ3n) is 2.93. The highest BCUT2D eigenvalue weighted by molar-refractivity contribution is 5.94. The Balaban J connectivity index is 1.89. The lowest BCUT2D eigenvalue weighted by molar-refractivity contribution is 0.0939. The molecule has 0 unspecified atom stereocenters. The van der Waals surface area contributed by atoms with E-state index in [2.05, 4.69) is 23.0 Å². The summed E-state index contributed by atoms with van der Waals surface area (Å²) in [6.07, 6.45) is 9.25. The number of carbonyl (C=O) groups is 1. The molecule has 2 N–H and O–H groups in total. The van der Waals surface area contributed by atoms with Gasteiger partial charge in [-0.15, -0.1) is 0 Å². The van der Waals surface area contributed by atoms with Gasteiger partial charge in [-0.05, 0) is 44.7 Å². The van der Waals surface area contributed by atoms with Gasteiger partial charge in [-0.1, -0.05) is 12.2 Å². The highest BCUT2D eigenvalue weighted by Crippen LogP contribution is 2.15. The smallest absolute Gasteiger partial charge is 0.273 e. The first-order valence-corrected chi connectivity index (χ1v) is 6.12. The Morgan fingerprint density at radius 2 is 2.22 bits per heavy atom. The first-order valence-electron chi connectivity index (χ1n) is 6.12. The molecular formula is C14H18N2O2. The van der Waals surface area contributed by atoms with Crippen molar-refractivity contribution in [3.8, 4) is 0 Å². The van der Waals surface area contributed by atoms with Gasteiger partial charge in [0.15, 0.2) is 0 Å². The van der Waals surface area contributed by atoms with Gasteiger partial charge >= 0.3 is 0 Å². The Morgan fingerprint density at radius 1 is 1.39 bits per heavy atom. The minimum Gasteiger partial charge on any atom is -0.466 e. The van der Waals surface area contributed by atoms with Crippen LogP contribution in [0.4, 0.5) is 0 Å². The van der Waals surface area contributed by atoms with Crippen LogP contribution in [-0.4, -0.2) is 5.91 Å². The lowest BCUT2D eigenvalue weighted by Crippen LogP contribution is -2.34. The minimum absolute atomic E-state index is 0.174. The number of allylic oxidation sites excluding steroid dienone is 3. The van der Waals surface area contributed by atoms with Crippen LogP contribution < -0.4 is 10.9 Å². The highest BCUT2D eigenvalue weighted by atomic mass is 16.3. The number of aryl methyl sites for hydroxylation is 2. The molecule has 1 aliphatic carbocycles. The van der Waals surface area contributed by atoms with E-state index in [9.17, 15) is 4.79 Å². The van der Waals surface area contributed by atoms with Crippen LogP contribution in [0.2, 0.25) is 0 Å². The normalized spacial score (nSPS) is 16.9. The van der Waals surface area contributed by atoms with Crippen LogP contribution in [0.25, 0.3) is 0 Å².